The molecule has 1 atom stereocenters. The number of carboxylic acids is 1. The molecular formula is C22H24F9N3O4. The van der Waals surface area contributed by atoms with Crippen LogP contribution >= 0.6 is 0 Å². The highest BCUT2D eigenvalue weighted by Crippen LogP contribution is 2.37. The van der Waals surface area contributed by atoms with Gasteiger partial charge in [0, 0.05) is 51.5 Å². The maximum absolute atomic E-state index is 13.4. The number of carbonyl (C=O) groups excluding carboxylic acids is 1. The summed E-state index contributed by atoms with van der Waals surface area (Å²) < 4.78 is 120. The first-order valence-corrected chi connectivity index (χ1v) is 11.5. The minimum absolute atomic E-state index is 0.00282. The van der Waals surface area contributed by atoms with E-state index in [0.717, 1.165) is 12.1 Å². The van der Waals surface area contributed by atoms with Crippen LogP contribution < -0.4 is 4.90 Å². The summed E-state index contributed by atoms with van der Waals surface area (Å²) in [6.45, 7) is -0.172. The number of carboxylic acid groups (broad SMARTS) is 1. The number of aliphatic carboxylic acids is 1. The Morgan fingerprint density at radius 2 is 1.55 bits per heavy atom. The lowest BCUT2D eigenvalue weighted by atomic mass is 9.96. The number of rotatable bonds is 5. The van der Waals surface area contributed by atoms with Gasteiger partial charge in [-0.05, 0) is 30.5 Å². The van der Waals surface area contributed by atoms with Gasteiger partial charge >= 0.3 is 30.6 Å². The van der Waals surface area contributed by atoms with Crippen LogP contribution in [0, 0.1) is 5.92 Å². The second-order valence-electron chi connectivity index (χ2n) is 9.07. The smallest absolute Gasteiger partial charge is 0.434 e. The van der Waals surface area contributed by atoms with Crippen LogP contribution in [0.4, 0.5) is 50.0 Å². The van der Waals surface area contributed by atoms with Crippen LogP contribution in [0.15, 0.2) is 18.2 Å². The van der Waals surface area contributed by atoms with E-state index in [-0.39, 0.29) is 45.0 Å². The summed E-state index contributed by atoms with van der Waals surface area (Å²) in [5.74, 6) is -1.83. The Kier molecular flexibility index (Phi) is 8.63. The number of hydrogen-bond acceptors (Lipinski definition) is 5. The molecule has 0 unspecified atom stereocenters. The van der Waals surface area contributed by atoms with E-state index < -0.39 is 48.2 Å². The Labute approximate surface area is 210 Å². The lowest BCUT2D eigenvalue weighted by Gasteiger charge is -2.37. The number of piperidine rings is 1. The van der Waals surface area contributed by atoms with Crippen LogP contribution in [0.1, 0.15) is 24.0 Å². The van der Waals surface area contributed by atoms with Crippen molar-refractivity contribution in [2.24, 2.45) is 5.92 Å². The minimum Gasteiger partial charge on any atom is -0.481 e. The average Bonchev–Trinajstić information content (AvgIpc) is 2.81. The number of ether oxygens (including phenoxy) is 1. The fourth-order valence-electron chi connectivity index (χ4n) is 4.39. The fraction of sp³-hybridized carbons (Fsp3) is 0.636. The molecule has 2 aliphatic heterocycles. The lowest BCUT2D eigenvalue weighted by Crippen LogP contribution is -2.52. The van der Waals surface area contributed by atoms with Crippen LogP contribution in [0.2, 0.25) is 0 Å². The molecule has 0 radical (unpaired) electrons. The summed E-state index contributed by atoms with van der Waals surface area (Å²) in [6, 6.07) is 3.06. The molecule has 1 amide bonds. The third kappa shape index (κ3) is 7.35. The van der Waals surface area contributed by atoms with E-state index in [1.807, 2.05) is 0 Å². The van der Waals surface area contributed by atoms with Crippen molar-refractivity contribution in [1.29, 1.82) is 0 Å². The van der Waals surface area contributed by atoms with Crippen molar-refractivity contribution in [3.8, 4) is 0 Å². The summed E-state index contributed by atoms with van der Waals surface area (Å²) >= 11 is 0. The lowest BCUT2D eigenvalue weighted by molar-refractivity contribution is -0.308. The second kappa shape index (κ2) is 11.1. The van der Waals surface area contributed by atoms with Gasteiger partial charge in [-0.2, -0.15) is 39.5 Å². The van der Waals surface area contributed by atoms with Gasteiger partial charge in [-0.25, -0.2) is 4.79 Å². The number of anilines is 1. The molecule has 2 aliphatic rings. The maximum Gasteiger partial charge on any atom is 0.434 e. The zero-order valence-corrected chi connectivity index (χ0v) is 19.7. The molecule has 0 spiro atoms. The molecule has 2 fully saturated rings. The number of hydrogen-bond donors (Lipinski definition) is 1. The first-order valence-electron chi connectivity index (χ1n) is 11.5. The quantitative estimate of drug-likeness (QED) is 0.520. The molecule has 2 saturated heterocycles. The summed E-state index contributed by atoms with van der Waals surface area (Å²) in [5, 5.41) is 9.35. The molecular weight excluding hydrogens is 541 g/mol. The first-order chi connectivity index (χ1) is 17.5. The molecule has 16 heteroatoms. The van der Waals surface area contributed by atoms with Crippen LogP contribution in [0.25, 0.3) is 0 Å². The number of carbonyl (C=O) groups is 2. The van der Waals surface area contributed by atoms with E-state index in [1.54, 1.807) is 9.80 Å². The van der Waals surface area contributed by atoms with E-state index in [2.05, 4.69) is 4.74 Å². The van der Waals surface area contributed by atoms with Crippen LogP contribution in [-0.2, 0) is 22.3 Å². The van der Waals surface area contributed by atoms with Gasteiger partial charge in [0.2, 0.25) is 0 Å². The van der Waals surface area contributed by atoms with E-state index >= 15 is 0 Å². The Balaban J connectivity index is 1.70. The zero-order chi connectivity index (χ0) is 28.5. The second-order valence-corrected chi connectivity index (χ2v) is 9.07. The van der Waals surface area contributed by atoms with Gasteiger partial charge in [0.15, 0.2) is 0 Å². The number of benzene rings is 1. The molecule has 214 valence electrons. The van der Waals surface area contributed by atoms with Crippen molar-refractivity contribution < 1.29 is 58.9 Å². The SMILES string of the molecule is O=C(O)[C@@H]1CCCN(c2cc(C(F)(F)F)ccc2CN2CCN(C(=O)OC(C(F)(F)F)C(F)(F)F)CC2)C1. The van der Waals surface area contributed by atoms with Crippen molar-refractivity contribution in [2.75, 3.05) is 44.2 Å². The predicted octanol–water partition coefficient (Wildman–Crippen LogP) is 4.75. The minimum atomic E-state index is -5.84. The highest BCUT2D eigenvalue weighted by atomic mass is 19.4. The number of amides is 1. The molecule has 0 aliphatic carbocycles. The highest BCUT2D eigenvalue weighted by molar-refractivity contribution is 5.72. The monoisotopic (exact) mass is 565 g/mol. The topological polar surface area (TPSA) is 73.3 Å². The fourth-order valence-corrected chi connectivity index (χ4v) is 4.39. The van der Waals surface area contributed by atoms with Gasteiger partial charge in [0.1, 0.15) is 0 Å². The van der Waals surface area contributed by atoms with Gasteiger partial charge in [-0.15, -0.1) is 0 Å². The molecule has 7 nitrogen and oxygen atoms in total. The summed E-state index contributed by atoms with van der Waals surface area (Å²) in [4.78, 5) is 27.3. The Hall–Kier alpha value is -2.91. The van der Waals surface area contributed by atoms with E-state index in [4.69, 9.17) is 0 Å². The van der Waals surface area contributed by atoms with Gasteiger partial charge in [-0.3, -0.25) is 9.69 Å². The molecule has 2 heterocycles. The summed E-state index contributed by atoms with van der Waals surface area (Å²) in [5.41, 5.74) is -0.315. The molecule has 3 rings (SSSR count). The zero-order valence-electron chi connectivity index (χ0n) is 19.7. The normalized spacial score (nSPS) is 20.1. The van der Waals surface area contributed by atoms with Crippen molar-refractivity contribution in [3.63, 3.8) is 0 Å². The van der Waals surface area contributed by atoms with E-state index in [1.165, 1.54) is 6.07 Å². The molecule has 1 aromatic rings. The van der Waals surface area contributed by atoms with Crippen LogP contribution in [0.5, 0.6) is 0 Å². The molecule has 0 saturated carbocycles. The summed E-state index contributed by atoms with van der Waals surface area (Å²) in [6.07, 6.45) is -21.6. The number of piperazine rings is 1. The van der Waals surface area contributed by atoms with Crippen LogP contribution in [-0.4, -0.2) is 84.7 Å². The van der Waals surface area contributed by atoms with Gasteiger partial charge in [0.25, 0.3) is 6.10 Å². The number of nitrogens with zero attached hydrogens (tertiary/aromatic N) is 3. The molecule has 38 heavy (non-hydrogen) atoms. The van der Waals surface area contributed by atoms with Gasteiger partial charge in [-0.1, -0.05) is 6.07 Å². The van der Waals surface area contributed by atoms with E-state index in [0.29, 0.717) is 29.8 Å². The average molecular weight is 565 g/mol. The predicted molar refractivity (Wildman–Crippen MR) is 113 cm³/mol. The largest absolute Gasteiger partial charge is 0.481 e. The van der Waals surface area contributed by atoms with Crippen LogP contribution in [0.3, 0.4) is 0 Å². The van der Waals surface area contributed by atoms with Gasteiger partial charge in [0.05, 0.1) is 11.5 Å². The summed E-state index contributed by atoms with van der Waals surface area (Å²) in [7, 11) is 0. The molecule has 1 aromatic carbocycles. The first kappa shape index (κ1) is 29.6. The van der Waals surface area contributed by atoms with Crippen molar-refractivity contribution >= 4 is 17.7 Å². The maximum atomic E-state index is 13.4. The number of alkyl halides is 9. The molecule has 0 bridgehead atoms. The number of halogens is 9. The molecule has 0 aromatic heterocycles. The van der Waals surface area contributed by atoms with Crippen molar-refractivity contribution in [2.45, 2.75) is 44.0 Å². The molecule has 1 N–H and O–H groups in total. The van der Waals surface area contributed by atoms with Crippen molar-refractivity contribution in [3.05, 3.63) is 29.3 Å². The Morgan fingerprint density at radius 3 is 2.08 bits per heavy atom. The third-order valence-electron chi connectivity index (χ3n) is 6.36. The standard InChI is InChI=1S/C22H24F9N3O4/c23-20(24,25)15-4-3-13(16(10-15)34-5-1-2-14(12-34)17(35)36)11-32-6-8-33(9-7-32)19(37)38-18(21(26,27)28)22(29,30)31/h3-4,10,14,18H,1-2,5-9,11-12H2,(H,35,36)/t14-/m1/s1. The van der Waals surface area contributed by atoms with Crippen molar-refractivity contribution in [1.82, 2.24) is 9.80 Å². The Morgan fingerprint density at radius 1 is 0.947 bits per heavy atom. The Bertz CT molecular complexity index is 991. The third-order valence-corrected chi connectivity index (χ3v) is 6.36. The van der Waals surface area contributed by atoms with E-state index in [9.17, 15) is 54.2 Å². The highest BCUT2D eigenvalue weighted by Gasteiger charge is 2.60. The van der Waals surface area contributed by atoms with Gasteiger partial charge < -0.3 is 19.6 Å².